The molecule has 0 aliphatic rings. The summed E-state index contributed by atoms with van der Waals surface area (Å²) in [5.41, 5.74) is -2.35. The van der Waals surface area contributed by atoms with Crippen LogP contribution in [0.4, 0.5) is 0 Å². The highest BCUT2D eigenvalue weighted by Gasteiger charge is 2.29. The molecule has 0 fully saturated rings. The fourth-order valence-corrected chi connectivity index (χ4v) is 1.04. The number of ether oxygens (including phenoxy) is 1. The summed E-state index contributed by atoms with van der Waals surface area (Å²) in [6.07, 6.45) is -1.91. The first-order valence-electron chi connectivity index (χ1n) is 3.81. The van der Waals surface area contributed by atoms with Crippen LogP contribution in [0.5, 0.6) is 0 Å². The van der Waals surface area contributed by atoms with Crippen molar-refractivity contribution in [2.45, 2.75) is 18.5 Å². The summed E-state index contributed by atoms with van der Waals surface area (Å²) in [5.74, 6) is -0.836. The summed E-state index contributed by atoms with van der Waals surface area (Å²) in [4.78, 5) is 10.8. The van der Waals surface area contributed by atoms with Crippen molar-refractivity contribution < 1.29 is 32.7 Å². The molecule has 0 bridgehead atoms. The first-order valence-corrected chi connectivity index (χ1v) is 5.31. The largest absolute Gasteiger partial charge is 0.459 e. The zero-order valence-corrected chi connectivity index (χ0v) is 8.77. The smallest absolute Gasteiger partial charge is 0.333 e. The van der Waals surface area contributed by atoms with Gasteiger partial charge in [0.1, 0.15) is 12.7 Å². The van der Waals surface area contributed by atoms with Crippen LogP contribution in [0.1, 0.15) is 6.92 Å². The summed E-state index contributed by atoms with van der Waals surface area (Å²) in [6.45, 7) is 3.84. The Labute approximate surface area is 86.7 Å². The van der Waals surface area contributed by atoms with Gasteiger partial charge in [-0.05, 0) is 6.92 Å². The maximum Gasteiger partial charge on any atom is 0.333 e. The van der Waals surface area contributed by atoms with Gasteiger partial charge in [-0.1, -0.05) is 6.58 Å². The lowest BCUT2D eigenvalue weighted by Crippen LogP contribution is -2.37. The van der Waals surface area contributed by atoms with Crippen LogP contribution >= 0.6 is 0 Å². The van der Waals surface area contributed by atoms with Crippen molar-refractivity contribution in [3.05, 3.63) is 12.2 Å². The lowest BCUT2D eigenvalue weighted by Gasteiger charge is -2.14. The Balaban J connectivity index is 4.22. The Morgan fingerprint density at radius 2 is 1.93 bits per heavy atom. The average Bonchev–Trinajstić information content (AvgIpc) is 2.10. The maximum absolute atomic E-state index is 10.8. The molecule has 88 valence electrons. The molecule has 0 saturated heterocycles. The molecule has 3 N–H and O–H groups in total. The van der Waals surface area contributed by atoms with E-state index >= 15 is 0 Å². The zero-order valence-electron chi connectivity index (χ0n) is 7.95. The molecular formula is C7H12O7S. The van der Waals surface area contributed by atoms with Gasteiger partial charge in [0.05, 0.1) is 0 Å². The number of esters is 1. The second-order valence-corrected chi connectivity index (χ2v) is 4.36. The van der Waals surface area contributed by atoms with Crippen LogP contribution < -0.4 is 0 Å². The molecule has 2 unspecified atom stereocenters. The number of carbonyl (C=O) groups is 1. The van der Waals surface area contributed by atoms with Crippen LogP contribution in [0.25, 0.3) is 0 Å². The van der Waals surface area contributed by atoms with Gasteiger partial charge >= 0.3 is 5.97 Å². The van der Waals surface area contributed by atoms with E-state index in [1.54, 1.807) is 0 Å². The fourth-order valence-electron chi connectivity index (χ4n) is 0.565. The van der Waals surface area contributed by atoms with Crippen molar-refractivity contribution in [2.24, 2.45) is 0 Å². The SMILES string of the molecule is C=C(C)C(=O)OCC(O)C(O)S(=O)(=O)O. The molecule has 0 radical (unpaired) electrons. The van der Waals surface area contributed by atoms with Gasteiger partial charge in [-0.3, -0.25) is 4.55 Å². The molecule has 0 spiro atoms. The van der Waals surface area contributed by atoms with Crippen molar-refractivity contribution in [3.8, 4) is 0 Å². The Hall–Kier alpha value is -0.960. The number of rotatable bonds is 5. The van der Waals surface area contributed by atoms with E-state index in [1.165, 1.54) is 6.92 Å². The van der Waals surface area contributed by atoms with E-state index in [0.717, 1.165) is 0 Å². The molecule has 0 saturated carbocycles. The number of carbonyl (C=O) groups excluding carboxylic acids is 1. The van der Waals surface area contributed by atoms with Gasteiger partial charge in [0.15, 0.2) is 0 Å². The molecule has 0 aliphatic heterocycles. The summed E-state index contributed by atoms with van der Waals surface area (Å²) in [5, 5.41) is 17.8. The summed E-state index contributed by atoms with van der Waals surface area (Å²) in [6, 6.07) is 0. The van der Waals surface area contributed by atoms with Gasteiger partial charge in [-0.25, -0.2) is 4.79 Å². The second-order valence-electron chi connectivity index (χ2n) is 2.85. The van der Waals surface area contributed by atoms with Gasteiger partial charge in [0, 0.05) is 5.57 Å². The first kappa shape index (κ1) is 14.0. The van der Waals surface area contributed by atoms with E-state index in [0.29, 0.717) is 0 Å². The Morgan fingerprint density at radius 3 is 2.27 bits per heavy atom. The van der Waals surface area contributed by atoms with Crippen molar-refractivity contribution in [3.63, 3.8) is 0 Å². The second kappa shape index (κ2) is 5.21. The predicted octanol–water partition coefficient (Wildman–Crippen LogP) is -1.33. The summed E-state index contributed by atoms with van der Waals surface area (Å²) < 4.78 is 33.4. The van der Waals surface area contributed by atoms with Gasteiger partial charge in [0.2, 0.25) is 5.44 Å². The Morgan fingerprint density at radius 1 is 1.47 bits per heavy atom. The Bertz CT molecular complexity index is 344. The fraction of sp³-hybridized carbons (Fsp3) is 0.571. The van der Waals surface area contributed by atoms with Crippen molar-refractivity contribution in [1.29, 1.82) is 0 Å². The van der Waals surface area contributed by atoms with Crippen molar-refractivity contribution in [2.75, 3.05) is 6.61 Å². The molecule has 0 aromatic heterocycles. The molecule has 0 amide bonds. The normalized spacial score (nSPS) is 15.5. The predicted molar refractivity (Wildman–Crippen MR) is 49.3 cm³/mol. The summed E-state index contributed by atoms with van der Waals surface area (Å²) >= 11 is 0. The van der Waals surface area contributed by atoms with Gasteiger partial charge in [0.25, 0.3) is 10.1 Å². The number of hydrogen-bond donors (Lipinski definition) is 3. The molecule has 8 heteroatoms. The molecule has 0 aromatic rings. The average molecular weight is 240 g/mol. The van der Waals surface area contributed by atoms with Crippen molar-refractivity contribution in [1.82, 2.24) is 0 Å². The van der Waals surface area contributed by atoms with Gasteiger partial charge < -0.3 is 14.9 Å². The molecule has 0 aliphatic carbocycles. The molecule has 15 heavy (non-hydrogen) atoms. The van der Waals surface area contributed by atoms with E-state index in [9.17, 15) is 13.2 Å². The van der Waals surface area contributed by atoms with Gasteiger partial charge in [-0.15, -0.1) is 0 Å². The topological polar surface area (TPSA) is 121 Å². The molecule has 2 atom stereocenters. The van der Waals surface area contributed by atoms with E-state index < -0.39 is 34.2 Å². The van der Waals surface area contributed by atoms with Crippen LogP contribution in [0.3, 0.4) is 0 Å². The lowest BCUT2D eigenvalue weighted by atomic mass is 10.3. The molecule has 0 rings (SSSR count). The minimum atomic E-state index is -4.78. The summed E-state index contributed by atoms with van der Waals surface area (Å²) in [7, 11) is -4.78. The van der Waals surface area contributed by atoms with Crippen LogP contribution in [-0.4, -0.2) is 47.3 Å². The van der Waals surface area contributed by atoms with Crippen LogP contribution in [0.15, 0.2) is 12.2 Å². The molecule has 0 heterocycles. The highest BCUT2D eigenvalue weighted by Crippen LogP contribution is 2.03. The van der Waals surface area contributed by atoms with Gasteiger partial charge in [-0.2, -0.15) is 8.42 Å². The maximum atomic E-state index is 10.8. The third-order valence-corrected chi connectivity index (χ3v) is 2.29. The third-order valence-electron chi connectivity index (χ3n) is 1.37. The lowest BCUT2D eigenvalue weighted by molar-refractivity contribution is -0.143. The highest BCUT2D eigenvalue weighted by molar-refractivity contribution is 7.86. The van der Waals surface area contributed by atoms with Crippen molar-refractivity contribution >= 4 is 16.1 Å². The van der Waals surface area contributed by atoms with E-state index in [-0.39, 0.29) is 5.57 Å². The molecule has 0 aromatic carbocycles. The minimum Gasteiger partial charge on any atom is -0.459 e. The van der Waals surface area contributed by atoms with Crippen LogP contribution in [0.2, 0.25) is 0 Å². The monoisotopic (exact) mass is 240 g/mol. The Kier molecular flexibility index (Phi) is 4.88. The van der Waals surface area contributed by atoms with E-state index in [1.807, 2.05) is 0 Å². The quantitative estimate of drug-likeness (QED) is 0.309. The van der Waals surface area contributed by atoms with Crippen LogP contribution in [-0.2, 0) is 19.6 Å². The third kappa shape index (κ3) is 4.88. The van der Waals surface area contributed by atoms with E-state index in [2.05, 4.69) is 11.3 Å². The molecular weight excluding hydrogens is 228 g/mol. The first-order chi connectivity index (χ1) is 6.66. The number of aliphatic hydroxyl groups is 2. The number of hydrogen-bond acceptors (Lipinski definition) is 6. The number of aliphatic hydroxyl groups excluding tert-OH is 2. The molecule has 7 nitrogen and oxygen atoms in total. The highest BCUT2D eigenvalue weighted by atomic mass is 32.2. The van der Waals surface area contributed by atoms with Crippen LogP contribution in [0, 0.1) is 0 Å². The van der Waals surface area contributed by atoms with E-state index in [4.69, 9.17) is 14.8 Å². The minimum absolute atomic E-state index is 0.0588. The zero-order chi connectivity index (χ0) is 12.2. The standard InChI is InChI=1S/C7H12O7S/c1-4(2)6(9)14-3-5(8)7(10)15(11,12)13/h5,7-8,10H,1,3H2,2H3,(H,11,12,13).